The molecule has 138 valence electrons. The lowest BCUT2D eigenvalue weighted by Crippen LogP contribution is -2.41. The van der Waals surface area contributed by atoms with Gasteiger partial charge in [-0.15, -0.1) is 16.2 Å². The first-order valence-electron chi connectivity index (χ1n) is 7.94. The normalized spacial score (nSPS) is 16.7. The highest BCUT2D eigenvalue weighted by atomic mass is 32.2. The average molecular weight is 395 g/mol. The predicted octanol–water partition coefficient (Wildman–Crippen LogP) is 2.40. The molecule has 0 fully saturated rings. The molecule has 2 N–H and O–H groups in total. The molecule has 26 heavy (non-hydrogen) atoms. The Balaban J connectivity index is 1.67. The van der Waals surface area contributed by atoms with Gasteiger partial charge in [-0.3, -0.25) is 20.3 Å². The molecule has 1 atom stereocenters. The highest BCUT2D eigenvalue weighted by Crippen LogP contribution is 2.32. The molecule has 1 aliphatic carbocycles. The summed E-state index contributed by atoms with van der Waals surface area (Å²) in [5, 5.41) is 10.6. The molecule has 10 heteroatoms. The van der Waals surface area contributed by atoms with Gasteiger partial charge in [-0.05, 0) is 48.9 Å². The second kappa shape index (κ2) is 7.14. The number of nitro groups is 1. The van der Waals surface area contributed by atoms with E-state index in [2.05, 4.69) is 12.3 Å². The largest absolute Gasteiger partial charge is 0.276 e. The molecule has 1 heterocycles. The molecule has 1 amide bonds. The van der Waals surface area contributed by atoms with E-state index in [0.29, 0.717) is 10.8 Å². The van der Waals surface area contributed by atoms with Crippen molar-refractivity contribution in [1.29, 1.82) is 0 Å². The fourth-order valence-corrected chi connectivity index (χ4v) is 4.74. The maximum atomic E-state index is 12.2. The molecule has 1 aromatic carbocycles. The topological polar surface area (TPSA) is 118 Å². The lowest BCUT2D eigenvalue weighted by atomic mass is 9.90. The summed E-state index contributed by atoms with van der Waals surface area (Å²) in [4.78, 5) is 25.7. The quantitative estimate of drug-likeness (QED) is 0.595. The minimum Gasteiger partial charge on any atom is -0.273 e. The number of non-ortho nitro benzene ring substituents is 1. The van der Waals surface area contributed by atoms with Gasteiger partial charge < -0.3 is 0 Å². The molecule has 0 spiro atoms. The predicted molar refractivity (Wildman–Crippen MR) is 96.4 cm³/mol. The second-order valence-corrected chi connectivity index (χ2v) is 9.04. The van der Waals surface area contributed by atoms with Crippen molar-refractivity contribution in [2.75, 3.05) is 0 Å². The average Bonchev–Trinajstić information content (AvgIpc) is 3.03. The van der Waals surface area contributed by atoms with Crippen LogP contribution in [0.3, 0.4) is 0 Å². The summed E-state index contributed by atoms with van der Waals surface area (Å²) in [5.41, 5.74) is 3.13. The molecule has 0 saturated carbocycles. The molecule has 2 aromatic rings. The van der Waals surface area contributed by atoms with E-state index >= 15 is 0 Å². The van der Waals surface area contributed by atoms with Crippen molar-refractivity contribution >= 4 is 33.0 Å². The molecular formula is C16H17N3O5S2. The molecule has 1 unspecified atom stereocenters. The summed E-state index contributed by atoms with van der Waals surface area (Å²) in [6.45, 7) is 2.17. The summed E-state index contributed by atoms with van der Waals surface area (Å²) >= 11 is 1.38. The third-order valence-electron chi connectivity index (χ3n) is 4.21. The van der Waals surface area contributed by atoms with Crippen LogP contribution in [0.1, 0.15) is 33.5 Å². The van der Waals surface area contributed by atoms with Gasteiger partial charge >= 0.3 is 0 Å². The van der Waals surface area contributed by atoms with E-state index in [-0.39, 0.29) is 10.6 Å². The van der Waals surface area contributed by atoms with Crippen LogP contribution in [-0.4, -0.2) is 19.2 Å². The molecule has 0 aliphatic heterocycles. The third-order valence-corrected chi connectivity index (χ3v) is 6.71. The van der Waals surface area contributed by atoms with Crippen molar-refractivity contribution in [2.24, 2.45) is 5.92 Å². The lowest BCUT2D eigenvalue weighted by Gasteiger charge is -2.16. The summed E-state index contributed by atoms with van der Waals surface area (Å²) in [6.07, 6.45) is 2.94. The number of aryl methyl sites for hydroxylation is 1. The van der Waals surface area contributed by atoms with E-state index in [1.54, 1.807) is 0 Å². The van der Waals surface area contributed by atoms with Crippen LogP contribution in [0.2, 0.25) is 0 Å². The summed E-state index contributed by atoms with van der Waals surface area (Å²) in [5.74, 6) is 0.0520. The van der Waals surface area contributed by atoms with Crippen molar-refractivity contribution in [2.45, 2.75) is 31.1 Å². The maximum absolute atomic E-state index is 12.2. The van der Waals surface area contributed by atoms with Crippen molar-refractivity contribution in [1.82, 2.24) is 10.3 Å². The first-order valence-corrected chi connectivity index (χ1v) is 10.2. The molecule has 8 nitrogen and oxygen atoms in total. The molecule has 3 rings (SSSR count). The third kappa shape index (κ3) is 3.92. The van der Waals surface area contributed by atoms with E-state index in [9.17, 15) is 23.3 Å². The van der Waals surface area contributed by atoms with Crippen molar-refractivity contribution < 1.29 is 18.1 Å². The first kappa shape index (κ1) is 18.5. The van der Waals surface area contributed by atoms with Crippen LogP contribution in [0.4, 0.5) is 5.69 Å². The van der Waals surface area contributed by atoms with Crippen LogP contribution in [-0.2, 0) is 22.9 Å². The van der Waals surface area contributed by atoms with Crippen LogP contribution in [0.5, 0.6) is 0 Å². The lowest BCUT2D eigenvalue weighted by molar-refractivity contribution is -0.384. The van der Waals surface area contributed by atoms with Crippen molar-refractivity contribution in [3.05, 3.63) is 55.8 Å². The Bertz CT molecular complexity index is 951. The van der Waals surface area contributed by atoms with E-state index in [4.69, 9.17) is 0 Å². The number of thiophene rings is 1. The van der Waals surface area contributed by atoms with Gasteiger partial charge in [0.1, 0.15) is 0 Å². The number of fused-ring (bicyclic) bond motifs is 1. The number of hydrogen-bond acceptors (Lipinski definition) is 6. The summed E-state index contributed by atoms with van der Waals surface area (Å²) < 4.78 is 24.4. The van der Waals surface area contributed by atoms with Gasteiger partial charge in [0.05, 0.1) is 14.7 Å². The number of amides is 1. The van der Waals surface area contributed by atoms with Gasteiger partial charge in [-0.1, -0.05) is 6.92 Å². The number of carbonyl (C=O) groups is 1. The van der Waals surface area contributed by atoms with Crippen LogP contribution in [0, 0.1) is 16.0 Å². The molecule has 0 radical (unpaired) electrons. The van der Waals surface area contributed by atoms with Crippen LogP contribution in [0.25, 0.3) is 0 Å². The highest BCUT2D eigenvalue weighted by molar-refractivity contribution is 7.89. The Morgan fingerprint density at radius 2 is 2.00 bits per heavy atom. The van der Waals surface area contributed by atoms with E-state index in [1.807, 2.05) is 10.9 Å². The second-order valence-electron chi connectivity index (χ2n) is 6.22. The summed E-state index contributed by atoms with van der Waals surface area (Å²) in [6, 6.07) is 6.20. The molecular weight excluding hydrogens is 378 g/mol. The number of rotatable bonds is 5. The van der Waals surface area contributed by atoms with Crippen LogP contribution >= 0.6 is 11.3 Å². The minimum absolute atomic E-state index is 0.178. The molecule has 0 saturated heterocycles. The zero-order valence-corrected chi connectivity index (χ0v) is 15.5. The number of nitrogens with zero attached hydrogens (tertiary/aromatic N) is 1. The molecule has 1 aliphatic rings. The first-order chi connectivity index (χ1) is 12.3. The van der Waals surface area contributed by atoms with Crippen LogP contribution in [0.15, 0.2) is 35.2 Å². The van der Waals surface area contributed by atoms with Gasteiger partial charge in [0, 0.05) is 17.0 Å². The maximum Gasteiger partial charge on any atom is 0.276 e. The van der Waals surface area contributed by atoms with Gasteiger partial charge in [0.2, 0.25) is 0 Å². The van der Waals surface area contributed by atoms with E-state index in [0.717, 1.165) is 49.1 Å². The number of nitro benzene ring substituents is 1. The smallest absolute Gasteiger partial charge is 0.273 e. The Labute approximate surface area is 154 Å². The van der Waals surface area contributed by atoms with E-state index < -0.39 is 20.9 Å². The van der Waals surface area contributed by atoms with Gasteiger partial charge in [-0.25, -0.2) is 8.42 Å². The standard InChI is InChI=1S/C16H17N3O5S2/c1-10-2-7-14-11(8-10)9-15(25-14)16(20)17-18-26(23,24)13-5-3-12(4-6-13)19(21)22/h3-6,9-10,18H,2,7-8H2,1H3,(H,17,20). The highest BCUT2D eigenvalue weighted by Gasteiger charge is 2.22. The van der Waals surface area contributed by atoms with Gasteiger partial charge in [-0.2, -0.15) is 0 Å². The fourth-order valence-electron chi connectivity index (χ4n) is 2.80. The number of sulfonamides is 1. The zero-order chi connectivity index (χ0) is 18.9. The number of nitrogens with one attached hydrogen (secondary N) is 2. The molecule has 1 aromatic heterocycles. The van der Waals surface area contributed by atoms with E-state index in [1.165, 1.54) is 16.2 Å². The monoisotopic (exact) mass is 395 g/mol. The minimum atomic E-state index is -4.02. The Hall–Kier alpha value is -2.30. The van der Waals surface area contributed by atoms with Crippen LogP contribution < -0.4 is 10.3 Å². The SMILES string of the molecule is CC1CCc2sc(C(=O)NNS(=O)(=O)c3ccc([N+](=O)[O-])cc3)cc2C1. The number of benzene rings is 1. The zero-order valence-electron chi connectivity index (χ0n) is 13.9. The Morgan fingerprint density at radius 1 is 1.31 bits per heavy atom. The van der Waals surface area contributed by atoms with Crippen molar-refractivity contribution in [3.8, 4) is 0 Å². The summed E-state index contributed by atoms with van der Waals surface area (Å²) in [7, 11) is -4.02. The Morgan fingerprint density at radius 3 is 2.65 bits per heavy atom. The van der Waals surface area contributed by atoms with Gasteiger partial charge in [0.15, 0.2) is 0 Å². The number of hydrazine groups is 1. The molecule has 0 bridgehead atoms. The van der Waals surface area contributed by atoms with Gasteiger partial charge in [0.25, 0.3) is 21.6 Å². The fraction of sp³-hybridized carbons (Fsp3) is 0.312. The van der Waals surface area contributed by atoms with Crippen molar-refractivity contribution in [3.63, 3.8) is 0 Å². The number of carbonyl (C=O) groups excluding carboxylic acids is 1. The number of hydrogen-bond donors (Lipinski definition) is 2. The Kier molecular flexibility index (Phi) is 5.08.